The van der Waals surface area contributed by atoms with Crippen LogP contribution in [0.25, 0.3) is 0 Å². The van der Waals surface area contributed by atoms with Gasteiger partial charge in [0.1, 0.15) is 17.3 Å². The minimum absolute atomic E-state index is 0.221. The number of hydrogen-bond donors (Lipinski definition) is 3. The van der Waals surface area contributed by atoms with Crippen LogP contribution >= 0.6 is 0 Å². The molecule has 1 amide bonds. The zero-order valence-electron chi connectivity index (χ0n) is 12.5. The van der Waals surface area contributed by atoms with E-state index in [2.05, 4.69) is 32.6 Å². The van der Waals surface area contributed by atoms with Crippen LogP contribution in [0.4, 0.5) is 4.79 Å². The molecule has 0 aliphatic carbocycles. The van der Waals surface area contributed by atoms with E-state index in [1.54, 1.807) is 20.8 Å². The van der Waals surface area contributed by atoms with Crippen molar-refractivity contribution >= 4 is 11.9 Å². The van der Waals surface area contributed by atoms with Crippen LogP contribution in [-0.2, 0) is 9.53 Å². The summed E-state index contributed by atoms with van der Waals surface area (Å²) in [5.74, 6) is -0.221. The molecule has 0 saturated heterocycles. The van der Waals surface area contributed by atoms with Gasteiger partial charge in [-0.2, -0.15) is 15.4 Å². The Morgan fingerprint density at radius 3 is 2.71 bits per heavy atom. The van der Waals surface area contributed by atoms with Gasteiger partial charge in [0.05, 0.1) is 6.20 Å². The Morgan fingerprint density at radius 1 is 1.48 bits per heavy atom. The fourth-order valence-corrected chi connectivity index (χ4v) is 1.51. The SMILES string of the molecule is C=CC(=O)C(NCCNC(=O)OC(C)(C)C)c1cn[nH]n1. The fourth-order valence-electron chi connectivity index (χ4n) is 1.51. The zero-order valence-corrected chi connectivity index (χ0v) is 12.5. The molecule has 1 atom stereocenters. The first-order chi connectivity index (χ1) is 9.83. The number of amides is 1. The first kappa shape index (κ1) is 16.8. The molecule has 3 N–H and O–H groups in total. The van der Waals surface area contributed by atoms with Crippen molar-refractivity contribution in [2.75, 3.05) is 13.1 Å². The summed E-state index contributed by atoms with van der Waals surface area (Å²) in [6, 6.07) is -0.637. The van der Waals surface area contributed by atoms with Crippen molar-refractivity contribution in [3.63, 3.8) is 0 Å². The van der Waals surface area contributed by atoms with E-state index in [0.29, 0.717) is 18.8 Å². The maximum atomic E-state index is 11.8. The normalized spacial score (nSPS) is 12.5. The second-order valence-electron chi connectivity index (χ2n) is 5.32. The summed E-state index contributed by atoms with van der Waals surface area (Å²) in [7, 11) is 0. The lowest BCUT2D eigenvalue weighted by Gasteiger charge is -2.20. The van der Waals surface area contributed by atoms with E-state index in [0.717, 1.165) is 0 Å². The van der Waals surface area contributed by atoms with Gasteiger partial charge in [-0.1, -0.05) is 6.58 Å². The number of carbonyl (C=O) groups is 2. The van der Waals surface area contributed by atoms with Crippen LogP contribution in [0.3, 0.4) is 0 Å². The van der Waals surface area contributed by atoms with Crippen molar-refractivity contribution < 1.29 is 14.3 Å². The summed E-state index contributed by atoms with van der Waals surface area (Å²) < 4.78 is 5.10. The lowest BCUT2D eigenvalue weighted by atomic mass is 10.1. The topological polar surface area (TPSA) is 109 Å². The molecule has 8 nitrogen and oxygen atoms in total. The van der Waals surface area contributed by atoms with Gasteiger partial charge in [0.15, 0.2) is 5.78 Å². The van der Waals surface area contributed by atoms with Gasteiger partial charge < -0.3 is 15.4 Å². The number of alkyl carbamates (subject to hydrolysis) is 1. The summed E-state index contributed by atoms with van der Waals surface area (Å²) in [6.07, 6.45) is 2.17. The molecule has 0 bridgehead atoms. The molecule has 21 heavy (non-hydrogen) atoms. The van der Waals surface area contributed by atoms with Crippen LogP contribution in [0.1, 0.15) is 32.5 Å². The Bertz CT molecular complexity index is 478. The highest BCUT2D eigenvalue weighted by Gasteiger charge is 2.20. The highest BCUT2D eigenvalue weighted by molar-refractivity contribution is 5.94. The predicted octanol–water partition coefficient (Wildman–Crippen LogP) is 0.715. The number of aromatic nitrogens is 3. The van der Waals surface area contributed by atoms with E-state index in [1.807, 2.05) is 0 Å². The molecular weight excluding hydrogens is 274 g/mol. The van der Waals surface area contributed by atoms with Gasteiger partial charge in [0.2, 0.25) is 0 Å². The fraction of sp³-hybridized carbons (Fsp3) is 0.538. The maximum Gasteiger partial charge on any atom is 0.407 e. The van der Waals surface area contributed by atoms with Gasteiger partial charge in [-0.3, -0.25) is 4.79 Å². The van der Waals surface area contributed by atoms with E-state index in [4.69, 9.17) is 4.74 Å². The second-order valence-corrected chi connectivity index (χ2v) is 5.32. The molecule has 0 saturated carbocycles. The number of nitrogens with one attached hydrogen (secondary N) is 3. The van der Waals surface area contributed by atoms with Gasteiger partial charge in [-0.15, -0.1) is 0 Å². The summed E-state index contributed by atoms with van der Waals surface area (Å²) in [5.41, 5.74) is -0.0725. The van der Waals surface area contributed by atoms with Crippen LogP contribution in [-0.4, -0.2) is 46.0 Å². The Hall–Kier alpha value is -2.22. The minimum atomic E-state index is -0.637. The quantitative estimate of drug-likeness (QED) is 0.505. The van der Waals surface area contributed by atoms with Crippen LogP contribution < -0.4 is 10.6 Å². The third-order valence-electron chi connectivity index (χ3n) is 2.36. The van der Waals surface area contributed by atoms with Crippen LogP contribution in [0.2, 0.25) is 0 Å². The summed E-state index contributed by atoms with van der Waals surface area (Å²) in [4.78, 5) is 23.2. The number of H-pyrrole nitrogens is 1. The molecule has 1 heterocycles. The van der Waals surface area contributed by atoms with Crippen molar-refractivity contribution in [1.82, 2.24) is 26.0 Å². The summed E-state index contributed by atoms with van der Waals surface area (Å²) in [6.45, 7) is 9.49. The summed E-state index contributed by atoms with van der Waals surface area (Å²) >= 11 is 0. The van der Waals surface area contributed by atoms with E-state index >= 15 is 0 Å². The average molecular weight is 295 g/mol. The molecule has 0 fully saturated rings. The van der Waals surface area contributed by atoms with Gasteiger partial charge >= 0.3 is 6.09 Å². The zero-order chi connectivity index (χ0) is 15.9. The lowest BCUT2D eigenvalue weighted by Crippen LogP contribution is -2.38. The molecule has 0 spiro atoms. The second kappa shape index (κ2) is 7.53. The van der Waals surface area contributed by atoms with E-state index < -0.39 is 17.7 Å². The minimum Gasteiger partial charge on any atom is -0.444 e. The molecule has 0 radical (unpaired) electrons. The average Bonchev–Trinajstić information content (AvgIpc) is 2.89. The number of hydrogen-bond acceptors (Lipinski definition) is 6. The molecular formula is C13H21N5O3. The number of ketones is 1. The monoisotopic (exact) mass is 295 g/mol. The van der Waals surface area contributed by atoms with Crippen LogP contribution in [0.15, 0.2) is 18.9 Å². The van der Waals surface area contributed by atoms with Crippen molar-refractivity contribution in [1.29, 1.82) is 0 Å². The molecule has 0 aliphatic rings. The van der Waals surface area contributed by atoms with Crippen LogP contribution in [0, 0.1) is 0 Å². The van der Waals surface area contributed by atoms with Gasteiger partial charge in [-0.25, -0.2) is 4.79 Å². The van der Waals surface area contributed by atoms with Crippen molar-refractivity contribution in [3.05, 3.63) is 24.5 Å². The van der Waals surface area contributed by atoms with Gasteiger partial charge in [0.25, 0.3) is 0 Å². The number of aromatic amines is 1. The van der Waals surface area contributed by atoms with E-state index in [9.17, 15) is 9.59 Å². The Balaban J connectivity index is 2.40. The summed E-state index contributed by atoms with van der Waals surface area (Å²) in [5, 5.41) is 15.5. The third kappa shape index (κ3) is 6.17. The van der Waals surface area contributed by atoms with Crippen molar-refractivity contribution in [2.45, 2.75) is 32.4 Å². The Morgan fingerprint density at radius 2 is 2.19 bits per heavy atom. The molecule has 1 unspecified atom stereocenters. The highest BCUT2D eigenvalue weighted by atomic mass is 16.6. The molecule has 1 aromatic heterocycles. The number of nitrogens with zero attached hydrogens (tertiary/aromatic N) is 2. The molecule has 8 heteroatoms. The number of ether oxygens (including phenoxy) is 1. The first-order valence-electron chi connectivity index (χ1n) is 6.55. The highest BCUT2D eigenvalue weighted by Crippen LogP contribution is 2.09. The molecule has 1 aromatic rings. The van der Waals surface area contributed by atoms with Crippen molar-refractivity contribution in [2.24, 2.45) is 0 Å². The van der Waals surface area contributed by atoms with E-state index in [1.165, 1.54) is 12.3 Å². The molecule has 1 rings (SSSR count). The smallest absolute Gasteiger partial charge is 0.407 e. The van der Waals surface area contributed by atoms with Crippen LogP contribution in [0.5, 0.6) is 0 Å². The van der Waals surface area contributed by atoms with Crippen molar-refractivity contribution in [3.8, 4) is 0 Å². The Kier molecular flexibility index (Phi) is 6.04. The standard InChI is InChI=1S/C13H21N5O3/c1-5-10(19)11(9-8-16-18-17-9)14-6-7-15-12(20)21-13(2,3)4/h5,8,11,14H,1,6-7H2,2-4H3,(H,15,20)(H,16,17,18). The Labute approximate surface area is 123 Å². The largest absolute Gasteiger partial charge is 0.444 e. The lowest BCUT2D eigenvalue weighted by molar-refractivity contribution is -0.116. The molecule has 0 aliphatic heterocycles. The third-order valence-corrected chi connectivity index (χ3v) is 2.36. The first-order valence-corrected chi connectivity index (χ1v) is 6.55. The number of carbonyl (C=O) groups excluding carboxylic acids is 2. The number of rotatable bonds is 7. The maximum absolute atomic E-state index is 11.8. The van der Waals surface area contributed by atoms with Gasteiger partial charge in [-0.05, 0) is 26.8 Å². The molecule has 0 aromatic carbocycles. The molecule has 116 valence electrons. The van der Waals surface area contributed by atoms with E-state index in [-0.39, 0.29) is 5.78 Å². The predicted molar refractivity (Wildman–Crippen MR) is 76.6 cm³/mol. The van der Waals surface area contributed by atoms with Gasteiger partial charge in [0, 0.05) is 13.1 Å².